The van der Waals surface area contributed by atoms with E-state index in [0.717, 1.165) is 0 Å². The van der Waals surface area contributed by atoms with Gasteiger partial charge in [0.05, 0.1) is 0 Å². The predicted molar refractivity (Wildman–Crippen MR) is 144 cm³/mol. The standard InChI is InChI=1S/C28H22S4/c1-13-5-6-23(29-13)24-7-8-25(31-24)26-12-20-16(4)18-10-21-17(11-22(18)28(20)32-26)15(3)19-9-14(2)30-27(19)21/h5-12,15-16H,1-4H3. The van der Waals surface area contributed by atoms with E-state index >= 15 is 0 Å². The SMILES string of the molecule is Cc1ccc(-c2ccc(-c3cc4c(s3)-c3cc5c(cc3C4C)-c3sc(C)cc3C5C)s2)s1. The summed E-state index contributed by atoms with van der Waals surface area (Å²) in [5, 5.41) is 0. The number of thiophene rings is 4. The maximum Gasteiger partial charge on any atom is 0.0452 e. The zero-order chi connectivity index (χ0) is 21.7. The fourth-order valence-corrected chi connectivity index (χ4v) is 9.86. The summed E-state index contributed by atoms with van der Waals surface area (Å²) in [6, 6.07) is 19.0. The monoisotopic (exact) mass is 486 g/mol. The van der Waals surface area contributed by atoms with Crippen molar-refractivity contribution in [2.75, 3.05) is 0 Å². The average Bonchev–Trinajstić information content (AvgIpc) is 3.58. The minimum atomic E-state index is 0.468. The maximum atomic E-state index is 2.52. The molecule has 158 valence electrons. The molecule has 0 N–H and O–H groups in total. The summed E-state index contributed by atoms with van der Waals surface area (Å²) in [7, 11) is 0. The number of aryl methyl sites for hydroxylation is 2. The lowest BCUT2D eigenvalue weighted by atomic mass is 9.93. The molecule has 0 bridgehead atoms. The molecular formula is C28H22S4. The zero-order valence-corrected chi connectivity index (χ0v) is 21.7. The molecule has 4 aromatic heterocycles. The predicted octanol–water partition coefficient (Wildman–Crippen LogP) is 10.1. The van der Waals surface area contributed by atoms with Crippen LogP contribution >= 0.6 is 45.3 Å². The number of benzene rings is 1. The van der Waals surface area contributed by atoms with E-state index in [1.807, 2.05) is 45.3 Å². The summed E-state index contributed by atoms with van der Waals surface area (Å²) >= 11 is 7.76. The summed E-state index contributed by atoms with van der Waals surface area (Å²) in [4.78, 5) is 11.4. The average molecular weight is 487 g/mol. The van der Waals surface area contributed by atoms with Crippen molar-refractivity contribution in [2.45, 2.75) is 39.5 Å². The highest BCUT2D eigenvalue weighted by Crippen LogP contribution is 2.57. The van der Waals surface area contributed by atoms with Gasteiger partial charge in [0, 0.05) is 50.9 Å². The molecule has 7 rings (SSSR count). The van der Waals surface area contributed by atoms with Gasteiger partial charge in [0.1, 0.15) is 0 Å². The molecule has 5 aromatic rings. The van der Waals surface area contributed by atoms with Crippen LogP contribution in [0.5, 0.6) is 0 Å². The van der Waals surface area contributed by atoms with Gasteiger partial charge in [0.2, 0.25) is 0 Å². The van der Waals surface area contributed by atoms with E-state index in [2.05, 4.69) is 76.2 Å². The van der Waals surface area contributed by atoms with E-state index in [9.17, 15) is 0 Å². The Bertz CT molecular complexity index is 1530. The molecule has 0 nitrogen and oxygen atoms in total. The van der Waals surface area contributed by atoms with E-state index in [0.29, 0.717) is 11.8 Å². The van der Waals surface area contributed by atoms with Crippen molar-refractivity contribution in [3.8, 4) is 40.4 Å². The third-order valence-corrected chi connectivity index (χ3v) is 11.8. The molecule has 0 spiro atoms. The number of hydrogen-bond acceptors (Lipinski definition) is 4. The Labute approximate surface area is 204 Å². The molecule has 4 heteroatoms. The third-order valence-electron chi connectivity index (χ3n) is 7.05. The van der Waals surface area contributed by atoms with E-state index in [1.165, 1.54) is 72.4 Å². The lowest BCUT2D eigenvalue weighted by Crippen LogP contribution is -1.93. The molecule has 1 aromatic carbocycles. The van der Waals surface area contributed by atoms with Crippen LogP contribution in [0.2, 0.25) is 0 Å². The Morgan fingerprint density at radius 2 is 1.06 bits per heavy atom. The van der Waals surface area contributed by atoms with E-state index in [4.69, 9.17) is 0 Å². The van der Waals surface area contributed by atoms with Gasteiger partial charge in [-0.3, -0.25) is 0 Å². The van der Waals surface area contributed by atoms with Crippen molar-refractivity contribution < 1.29 is 0 Å². The normalized spacial score (nSPS) is 18.0. The summed E-state index contributed by atoms with van der Waals surface area (Å²) in [6.45, 7) is 9.19. The minimum absolute atomic E-state index is 0.468. The number of hydrogen-bond donors (Lipinski definition) is 0. The van der Waals surface area contributed by atoms with Gasteiger partial charge in [-0.05, 0) is 95.8 Å². The summed E-state index contributed by atoms with van der Waals surface area (Å²) in [5.74, 6) is 0.971. The van der Waals surface area contributed by atoms with Crippen LogP contribution in [0, 0.1) is 13.8 Å². The fraction of sp³-hybridized carbons (Fsp3) is 0.214. The van der Waals surface area contributed by atoms with E-state index < -0.39 is 0 Å². The van der Waals surface area contributed by atoms with Gasteiger partial charge in [-0.1, -0.05) is 13.8 Å². The third kappa shape index (κ3) is 2.64. The van der Waals surface area contributed by atoms with Gasteiger partial charge in [0.15, 0.2) is 0 Å². The highest BCUT2D eigenvalue weighted by Gasteiger charge is 2.34. The van der Waals surface area contributed by atoms with Crippen LogP contribution in [0.1, 0.15) is 57.7 Å². The first-order chi connectivity index (χ1) is 15.5. The molecular weight excluding hydrogens is 465 g/mol. The quantitative estimate of drug-likeness (QED) is 0.233. The number of rotatable bonds is 2. The van der Waals surface area contributed by atoms with Crippen LogP contribution in [0.25, 0.3) is 40.4 Å². The van der Waals surface area contributed by atoms with Crippen molar-refractivity contribution in [3.05, 3.63) is 80.5 Å². The van der Waals surface area contributed by atoms with E-state index in [1.54, 1.807) is 0 Å². The Balaban J connectivity index is 1.31. The van der Waals surface area contributed by atoms with Crippen molar-refractivity contribution >= 4 is 45.3 Å². The Hall–Kier alpha value is -1.98. The molecule has 2 aliphatic rings. The molecule has 2 atom stereocenters. The Morgan fingerprint density at radius 1 is 0.500 bits per heavy atom. The van der Waals surface area contributed by atoms with Gasteiger partial charge in [-0.15, -0.1) is 45.3 Å². The van der Waals surface area contributed by atoms with Crippen molar-refractivity contribution in [3.63, 3.8) is 0 Å². The van der Waals surface area contributed by atoms with Crippen molar-refractivity contribution in [1.29, 1.82) is 0 Å². The topological polar surface area (TPSA) is 0 Å². The van der Waals surface area contributed by atoms with Crippen LogP contribution in [0.15, 0.2) is 48.5 Å². The molecule has 0 saturated carbocycles. The molecule has 0 fully saturated rings. The maximum absolute atomic E-state index is 2.52. The lowest BCUT2D eigenvalue weighted by Gasteiger charge is -2.12. The highest BCUT2D eigenvalue weighted by molar-refractivity contribution is 7.27. The van der Waals surface area contributed by atoms with Gasteiger partial charge >= 0.3 is 0 Å². The fourth-order valence-electron chi connectivity index (χ4n) is 5.37. The molecule has 2 aliphatic carbocycles. The highest BCUT2D eigenvalue weighted by atomic mass is 32.1. The molecule has 0 aliphatic heterocycles. The largest absolute Gasteiger partial charge is 0.140 e. The molecule has 32 heavy (non-hydrogen) atoms. The van der Waals surface area contributed by atoms with Crippen LogP contribution in [-0.4, -0.2) is 0 Å². The lowest BCUT2D eigenvalue weighted by molar-refractivity contribution is 0.945. The first-order valence-electron chi connectivity index (χ1n) is 11.1. The summed E-state index contributed by atoms with van der Waals surface area (Å²) in [6.07, 6.45) is 0. The summed E-state index contributed by atoms with van der Waals surface area (Å²) in [5.41, 5.74) is 9.05. The Morgan fingerprint density at radius 3 is 1.72 bits per heavy atom. The smallest absolute Gasteiger partial charge is 0.0452 e. The van der Waals surface area contributed by atoms with Crippen LogP contribution in [0.4, 0.5) is 0 Å². The molecule has 0 saturated heterocycles. The first kappa shape index (κ1) is 19.5. The van der Waals surface area contributed by atoms with Gasteiger partial charge < -0.3 is 0 Å². The molecule has 0 amide bonds. The second kappa shape index (κ2) is 6.77. The second-order valence-electron chi connectivity index (χ2n) is 9.08. The second-order valence-corrected chi connectivity index (χ2v) is 13.8. The van der Waals surface area contributed by atoms with E-state index in [-0.39, 0.29) is 0 Å². The Kier molecular flexibility index (Phi) is 4.12. The first-order valence-corrected chi connectivity index (χ1v) is 14.3. The van der Waals surface area contributed by atoms with Crippen LogP contribution < -0.4 is 0 Å². The molecule has 0 radical (unpaired) electrons. The van der Waals surface area contributed by atoms with Gasteiger partial charge in [0.25, 0.3) is 0 Å². The van der Waals surface area contributed by atoms with Gasteiger partial charge in [-0.2, -0.15) is 0 Å². The number of fused-ring (bicyclic) bond motifs is 6. The zero-order valence-electron chi connectivity index (χ0n) is 18.4. The molecule has 2 unspecified atom stereocenters. The van der Waals surface area contributed by atoms with Crippen molar-refractivity contribution in [1.82, 2.24) is 0 Å². The molecule has 4 heterocycles. The van der Waals surface area contributed by atoms with Crippen LogP contribution in [0.3, 0.4) is 0 Å². The summed E-state index contributed by atoms with van der Waals surface area (Å²) < 4.78 is 0. The van der Waals surface area contributed by atoms with Gasteiger partial charge in [-0.25, -0.2) is 0 Å². The minimum Gasteiger partial charge on any atom is -0.140 e. The van der Waals surface area contributed by atoms with Crippen molar-refractivity contribution in [2.24, 2.45) is 0 Å². The van der Waals surface area contributed by atoms with Crippen LogP contribution in [-0.2, 0) is 0 Å².